The molecule has 1 heterocycles. The zero-order valence-electron chi connectivity index (χ0n) is 15.6. The molecular weight excluding hydrogens is 306 g/mol. The summed E-state index contributed by atoms with van der Waals surface area (Å²) >= 11 is 1.40. The molecule has 5 atom stereocenters. The van der Waals surface area contributed by atoms with Crippen LogP contribution in [0.15, 0.2) is 11.1 Å². The fourth-order valence-electron chi connectivity index (χ4n) is 5.53. The number of allylic oxidation sites excluding steroid dienone is 1. The Labute approximate surface area is 144 Å². The van der Waals surface area contributed by atoms with Crippen molar-refractivity contribution in [1.29, 1.82) is 0 Å². The van der Waals surface area contributed by atoms with E-state index in [9.17, 15) is 9.59 Å². The standard InChI is InChI=1S/C19H29NO2S/c1-9-10(2)15(21)20-13-14(23-16(20)22)19(8)12(4)11(3)18(13,7)17(19,5)6/h10,13-14H,9H2,1-8H3/t10-,13-,14+,18-,19+/m0/s1. The van der Waals surface area contributed by atoms with Crippen LogP contribution in [0.3, 0.4) is 0 Å². The number of amides is 2. The summed E-state index contributed by atoms with van der Waals surface area (Å²) in [6.45, 7) is 17.6. The number of carbonyl (C=O) groups excluding carboxylic acids is 2. The minimum absolute atomic E-state index is 0.00907. The van der Waals surface area contributed by atoms with E-state index in [0.717, 1.165) is 6.42 Å². The Morgan fingerprint density at radius 1 is 1.17 bits per heavy atom. The molecule has 128 valence electrons. The van der Waals surface area contributed by atoms with Gasteiger partial charge >= 0.3 is 0 Å². The van der Waals surface area contributed by atoms with Gasteiger partial charge < -0.3 is 0 Å². The number of hydrogen-bond acceptors (Lipinski definition) is 3. The molecule has 2 fully saturated rings. The van der Waals surface area contributed by atoms with Gasteiger partial charge in [-0.25, -0.2) is 0 Å². The first-order valence-corrected chi connectivity index (χ1v) is 9.58. The SMILES string of the molecule is CC[C@H](C)C(=O)N1C(=O)S[C@@H]2[C@H]1[C@]1(C)C(C)=C(C)[C@@]2(C)C1(C)C. The fourth-order valence-corrected chi connectivity index (χ4v) is 7.29. The molecule has 0 spiro atoms. The van der Waals surface area contributed by atoms with E-state index in [2.05, 4.69) is 41.5 Å². The molecule has 3 rings (SSSR count). The van der Waals surface area contributed by atoms with E-state index in [4.69, 9.17) is 0 Å². The zero-order chi connectivity index (χ0) is 17.5. The van der Waals surface area contributed by atoms with Crippen LogP contribution in [0.5, 0.6) is 0 Å². The number of imide groups is 1. The maximum absolute atomic E-state index is 12.9. The van der Waals surface area contributed by atoms with Gasteiger partial charge in [-0.3, -0.25) is 14.5 Å². The van der Waals surface area contributed by atoms with Crippen molar-refractivity contribution in [3.8, 4) is 0 Å². The lowest BCUT2D eigenvalue weighted by atomic mass is 9.62. The third-order valence-electron chi connectivity index (χ3n) is 8.14. The highest BCUT2D eigenvalue weighted by Crippen LogP contribution is 2.78. The van der Waals surface area contributed by atoms with E-state index in [1.165, 1.54) is 22.9 Å². The summed E-state index contributed by atoms with van der Waals surface area (Å²) in [4.78, 5) is 27.3. The topological polar surface area (TPSA) is 37.4 Å². The minimum Gasteiger partial charge on any atom is -0.274 e. The second-order valence-corrected chi connectivity index (χ2v) is 9.64. The predicted octanol–water partition coefficient (Wildman–Crippen LogP) is 4.87. The molecule has 1 saturated carbocycles. The predicted molar refractivity (Wildman–Crippen MR) is 95.2 cm³/mol. The van der Waals surface area contributed by atoms with Gasteiger partial charge in [-0.2, -0.15) is 0 Å². The van der Waals surface area contributed by atoms with Crippen LogP contribution >= 0.6 is 11.8 Å². The minimum atomic E-state index is -0.140. The molecule has 2 amide bonds. The van der Waals surface area contributed by atoms with Crippen LogP contribution in [0.4, 0.5) is 4.79 Å². The highest BCUT2D eigenvalue weighted by Gasteiger charge is 2.78. The van der Waals surface area contributed by atoms with Gasteiger partial charge in [-0.15, -0.1) is 0 Å². The fraction of sp³-hybridized carbons (Fsp3) is 0.789. The summed E-state index contributed by atoms with van der Waals surface area (Å²) in [5.74, 6) is -0.0848. The first-order valence-electron chi connectivity index (χ1n) is 8.70. The van der Waals surface area contributed by atoms with E-state index >= 15 is 0 Å². The molecule has 1 aliphatic heterocycles. The highest BCUT2D eigenvalue weighted by molar-refractivity contribution is 8.14. The van der Waals surface area contributed by atoms with Gasteiger partial charge in [0.1, 0.15) is 0 Å². The van der Waals surface area contributed by atoms with E-state index < -0.39 is 0 Å². The summed E-state index contributed by atoms with van der Waals surface area (Å²) in [5.41, 5.74) is 2.65. The lowest BCUT2D eigenvalue weighted by Gasteiger charge is -2.44. The van der Waals surface area contributed by atoms with Gasteiger partial charge in [0.25, 0.3) is 5.24 Å². The third kappa shape index (κ3) is 1.55. The summed E-state index contributed by atoms with van der Waals surface area (Å²) in [6.07, 6.45) is 0.774. The van der Waals surface area contributed by atoms with Crippen LogP contribution in [-0.2, 0) is 4.79 Å². The molecule has 4 heteroatoms. The van der Waals surface area contributed by atoms with Crippen molar-refractivity contribution < 1.29 is 9.59 Å². The normalized spacial score (nSPS) is 42.4. The number of rotatable bonds is 2. The van der Waals surface area contributed by atoms with E-state index in [0.29, 0.717) is 0 Å². The van der Waals surface area contributed by atoms with Crippen molar-refractivity contribution in [2.75, 3.05) is 0 Å². The highest BCUT2D eigenvalue weighted by atomic mass is 32.2. The Morgan fingerprint density at radius 2 is 1.70 bits per heavy atom. The number of nitrogens with zero attached hydrogens (tertiary/aromatic N) is 1. The number of hydrogen-bond donors (Lipinski definition) is 0. The maximum atomic E-state index is 12.9. The Hall–Kier alpha value is -0.770. The third-order valence-corrected chi connectivity index (χ3v) is 9.52. The Morgan fingerprint density at radius 3 is 2.22 bits per heavy atom. The van der Waals surface area contributed by atoms with Gasteiger partial charge in [0, 0.05) is 22.0 Å². The number of carbonyl (C=O) groups is 2. The summed E-state index contributed by atoms with van der Waals surface area (Å²) in [7, 11) is 0. The first-order chi connectivity index (χ1) is 10.5. The van der Waals surface area contributed by atoms with Crippen LogP contribution in [0.1, 0.15) is 61.8 Å². The molecule has 2 aliphatic carbocycles. The molecular formula is C19H29NO2S. The van der Waals surface area contributed by atoms with Gasteiger partial charge in [-0.1, -0.05) is 64.5 Å². The van der Waals surface area contributed by atoms with Crippen molar-refractivity contribution in [3.63, 3.8) is 0 Å². The summed E-state index contributed by atoms with van der Waals surface area (Å²) in [6, 6.07) is -0.00907. The second kappa shape index (κ2) is 4.65. The number of fused-ring (bicyclic) bond motifs is 5. The van der Waals surface area contributed by atoms with Crippen molar-refractivity contribution in [2.45, 2.75) is 73.1 Å². The molecule has 2 bridgehead atoms. The maximum Gasteiger partial charge on any atom is 0.288 e. The zero-order valence-corrected chi connectivity index (χ0v) is 16.4. The van der Waals surface area contributed by atoms with E-state index in [1.54, 1.807) is 4.90 Å². The Kier molecular flexibility index (Phi) is 3.45. The quantitative estimate of drug-likeness (QED) is 0.676. The lowest BCUT2D eigenvalue weighted by Crippen LogP contribution is -2.52. The molecule has 0 N–H and O–H groups in total. The largest absolute Gasteiger partial charge is 0.288 e. The molecule has 0 unspecified atom stereocenters. The van der Waals surface area contributed by atoms with Crippen LogP contribution in [0, 0.1) is 22.2 Å². The molecule has 3 nitrogen and oxygen atoms in total. The van der Waals surface area contributed by atoms with Crippen LogP contribution < -0.4 is 0 Å². The molecule has 1 saturated heterocycles. The van der Waals surface area contributed by atoms with Crippen LogP contribution in [0.2, 0.25) is 0 Å². The van der Waals surface area contributed by atoms with Crippen molar-refractivity contribution in [2.24, 2.45) is 22.2 Å². The number of thioether (sulfide) groups is 1. The average Bonchev–Trinajstić information content (AvgIpc) is 2.94. The lowest BCUT2D eigenvalue weighted by molar-refractivity contribution is -0.134. The van der Waals surface area contributed by atoms with Gasteiger partial charge in [-0.05, 0) is 25.7 Å². The molecule has 23 heavy (non-hydrogen) atoms. The van der Waals surface area contributed by atoms with E-state index in [-0.39, 0.29) is 44.6 Å². The Balaban J connectivity index is 2.17. The Bertz CT molecular complexity index is 637. The summed E-state index contributed by atoms with van der Waals surface area (Å²) < 4.78 is 0. The van der Waals surface area contributed by atoms with Crippen molar-refractivity contribution >= 4 is 22.9 Å². The van der Waals surface area contributed by atoms with Crippen molar-refractivity contribution in [1.82, 2.24) is 4.90 Å². The molecule has 0 aromatic rings. The van der Waals surface area contributed by atoms with E-state index in [1.807, 2.05) is 13.8 Å². The average molecular weight is 336 g/mol. The van der Waals surface area contributed by atoms with Crippen LogP contribution in [-0.4, -0.2) is 27.3 Å². The van der Waals surface area contributed by atoms with Gasteiger partial charge in [0.2, 0.25) is 5.91 Å². The molecule has 3 aliphatic rings. The van der Waals surface area contributed by atoms with Crippen LogP contribution in [0.25, 0.3) is 0 Å². The van der Waals surface area contributed by atoms with Gasteiger partial charge in [0.15, 0.2) is 0 Å². The molecule has 0 aromatic heterocycles. The monoisotopic (exact) mass is 335 g/mol. The van der Waals surface area contributed by atoms with Crippen molar-refractivity contribution in [3.05, 3.63) is 11.1 Å². The molecule has 0 radical (unpaired) electrons. The molecule has 0 aromatic carbocycles. The first kappa shape index (κ1) is 17.1. The smallest absolute Gasteiger partial charge is 0.274 e. The summed E-state index contributed by atoms with van der Waals surface area (Å²) in [5, 5.41) is 0.132. The van der Waals surface area contributed by atoms with Gasteiger partial charge in [0.05, 0.1) is 6.04 Å². The second-order valence-electron chi connectivity index (χ2n) is 8.55.